The predicted octanol–water partition coefficient (Wildman–Crippen LogP) is -1.34. The van der Waals surface area contributed by atoms with E-state index >= 15 is 0 Å². The first kappa shape index (κ1) is 10.8. The van der Waals surface area contributed by atoms with Gasteiger partial charge in [-0.3, -0.25) is 4.55 Å². The van der Waals surface area contributed by atoms with Crippen LogP contribution in [-0.2, 0) is 22.6 Å². The van der Waals surface area contributed by atoms with Crippen LogP contribution >= 0.6 is 0 Å². The second-order valence-electron chi connectivity index (χ2n) is 1.42. The van der Waals surface area contributed by atoms with E-state index in [4.69, 9.17) is 4.55 Å². The molecule has 0 atom stereocenters. The number of nitrogens with one attached hydrogen (secondary N) is 1. The lowest BCUT2D eigenvalue weighted by atomic mass is 10.8. The second-order valence-corrected chi connectivity index (χ2v) is 5.74. The van der Waals surface area contributed by atoms with Crippen LogP contribution in [0.15, 0.2) is 0 Å². The summed E-state index contributed by atoms with van der Waals surface area (Å²) in [6.45, 7) is 1.58. The summed E-state index contributed by atoms with van der Waals surface area (Å²) in [7, 11) is -10.1. The molecule has 68 valence electrons. The molecule has 0 fully saturated rings. The zero-order valence-corrected chi connectivity index (χ0v) is 7.15. The monoisotopic (exact) mass is 205 g/mol. The maximum atomic E-state index is 10.3. The Bertz CT molecular complexity index is 299. The molecule has 7 nitrogen and oxygen atoms in total. The van der Waals surface area contributed by atoms with Crippen molar-refractivity contribution >= 4 is 18.3 Å². The summed E-state index contributed by atoms with van der Waals surface area (Å²) >= 11 is 0. The average Bonchev–Trinajstić information content (AvgIpc) is 1.81. The van der Waals surface area contributed by atoms with Gasteiger partial charge in [0.05, 0.1) is 0 Å². The fourth-order valence-electron chi connectivity index (χ4n) is 0.174. The van der Waals surface area contributed by atoms with Crippen LogP contribution in [-0.4, -0.2) is 27.9 Å². The zero-order valence-electron chi connectivity index (χ0n) is 5.51. The molecule has 0 amide bonds. The van der Waals surface area contributed by atoms with Crippen molar-refractivity contribution in [2.24, 2.45) is 0 Å². The molecule has 0 unspecified atom stereocenters. The first-order chi connectivity index (χ1) is 4.81. The Hall–Kier alpha value is -0.220. The van der Waals surface area contributed by atoms with Crippen molar-refractivity contribution in [3.63, 3.8) is 0 Å². The van der Waals surface area contributed by atoms with E-state index in [9.17, 15) is 16.8 Å². The number of rotatable bonds is 4. The first-order valence-electron chi connectivity index (χ1n) is 2.45. The van der Waals surface area contributed by atoms with Crippen molar-refractivity contribution in [1.82, 2.24) is 5.48 Å². The van der Waals surface area contributed by atoms with Gasteiger partial charge in [-0.05, 0) is 0 Å². The molecule has 0 aliphatic carbocycles. The molecule has 0 saturated heterocycles. The van der Waals surface area contributed by atoms with Crippen molar-refractivity contribution in [1.29, 1.82) is 0 Å². The normalized spacial score (nSPS) is 13.3. The molecule has 0 aromatic heterocycles. The van der Waals surface area contributed by atoms with Gasteiger partial charge >= 0.3 is 18.3 Å². The number of hydrogen-bond acceptors (Lipinski definition) is 6. The lowest BCUT2D eigenvalue weighted by Crippen LogP contribution is -2.25. The van der Waals surface area contributed by atoms with Gasteiger partial charge in [-0.1, -0.05) is 6.92 Å². The SMILES string of the molecule is CCNOS(=O)(=O)S(=O)(=O)O. The van der Waals surface area contributed by atoms with Crippen LogP contribution in [0.3, 0.4) is 0 Å². The Kier molecular flexibility index (Phi) is 3.38. The lowest BCUT2D eigenvalue weighted by molar-refractivity contribution is 0.215. The molecular formula is C2H7NO6S2. The topological polar surface area (TPSA) is 110 Å². The highest BCUT2D eigenvalue weighted by atomic mass is 33.2. The fourth-order valence-corrected chi connectivity index (χ4v) is 0.925. The Labute approximate surface area is 63.6 Å². The number of hydrogen-bond donors (Lipinski definition) is 2. The Morgan fingerprint density at radius 2 is 1.82 bits per heavy atom. The van der Waals surface area contributed by atoms with Gasteiger partial charge in [-0.25, -0.2) is 0 Å². The van der Waals surface area contributed by atoms with Crippen LogP contribution in [0.2, 0.25) is 0 Å². The molecule has 0 rings (SSSR count). The summed E-state index contributed by atoms with van der Waals surface area (Å²) in [5.41, 5.74) is 1.77. The highest BCUT2D eigenvalue weighted by Crippen LogP contribution is 1.98. The van der Waals surface area contributed by atoms with E-state index in [1.165, 1.54) is 6.92 Å². The maximum absolute atomic E-state index is 10.3. The van der Waals surface area contributed by atoms with Crippen LogP contribution in [0.5, 0.6) is 0 Å². The van der Waals surface area contributed by atoms with Crippen molar-refractivity contribution in [3.8, 4) is 0 Å². The molecule has 0 heterocycles. The van der Waals surface area contributed by atoms with Gasteiger partial charge < -0.3 is 0 Å². The van der Waals surface area contributed by atoms with Crippen molar-refractivity contribution in [2.75, 3.05) is 6.54 Å². The minimum Gasteiger partial charge on any atom is -0.272 e. The largest absolute Gasteiger partial charge is 0.415 e. The molecule has 0 aromatic rings. The zero-order chi connectivity index (χ0) is 9.12. The van der Waals surface area contributed by atoms with Crippen molar-refractivity contribution in [2.45, 2.75) is 6.92 Å². The Morgan fingerprint density at radius 3 is 2.09 bits per heavy atom. The van der Waals surface area contributed by atoms with Crippen LogP contribution in [0, 0.1) is 0 Å². The third kappa shape index (κ3) is 3.12. The number of hydroxylamine groups is 1. The predicted molar refractivity (Wildman–Crippen MR) is 35.2 cm³/mol. The van der Waals surface area contributed by atoms with Gasteiger partial charge in [0.15, 0.2) is 0 Å². The highest BCUT2D eigenvalue weighted by Gasteiger charge is 2.28. The molecule has 2 N–H and O–H groups in total. The minimum absolute atomic E-state index is 0.0920. The molecule has 0 radical (unpaired) electrons. The Balaban J connectivity index is 4.53. The molecule has 11 heavy (non-hydrogen) atoms. The van der Waals surface area contributed by atoms with Gasteiger partial charge in [0, 0.05) is 6.54 Å². The molecule has 0 saturated carbocycles. The van der Waals surface area contributed by atoms with E-state index in [2.05, 4.69) is 4.28 Å². The maximum Gasteiger partial charge on any atom is 0.415 e. The smallest absolute Gasteiger partial charge is 0.272 e. The fraction of sp³-hybridized carbons (Fsp3) is 1.00. The van der Waals surface area contributed by atoms with Gasteiger partial charge in [0.25, 0.3) is 0 Å². The summed E-state index contributed by atoms with van der Waals surface area (Å²) < 4.78 is 52.1. The summed E-state index contributed by atoms with van der Waals surface area (Å²) in [5, 5.41) is 0. The standard InChI is InChI=1S/C2H7NO6S2/c1-2-3-9-11(7,8)10(4,5)6/h3H,2H2,1H3,(H,4,5,6). The Morgan fingerprint density at radius 1 is 1.36 bits per heavy atom. The summed E-state index contributed by atoms with van der Waals surface area (Å²) in [5.74, 6) is 0. The second kappa shape index (κ2) is 3.45. The van der Waals surface area contributed by atoms with Gasteiger partial charge in [0.2, 0.25) is 0 Å². The molecule has 9 heteroatoms. The highest BCUT2D eigenvalue weighted by molar-refractivity contribution is 8.63. The van der Waals surface area contributed by atoms with Crippen LogP contribution < -0.4 is 5.48 Å². The molecule has 0 aliphatic rings. The van der Waals surface area contributed by atoms with Gasteiger partial charge in [0.1, 0.15) is 0 Å². The molecule has 0 spiro atoms. The summed E-state index contributed by atoms with van der Waals surface area (Å²) in [6, 6.07) is 0. The van der Waals surface area contributed by atoms with Gasteiger partial charge in [-0.2, -0.15) is 26.6 Å². The molecular weight excluding hydrogens is 198 g/mol. The summed E-state index contributed by atoms with van der Waals surface area (Å²) in [6.07, 6.45) is 0. The summed E-state index contributed by atoms with van der Waals surface area (Å²) in [4.78, 5) is 0. The van der Waals surface area contributed by atoms with E-state index in [1.54, 1.807) is 5.48 Å². The molecule has 0 aromatic carbocycles. The van der Waals surface area contributed by atoms with Crippen molar-refractivity contribution < 1.29 is 25.7 Å². The molecule has 0 bridgehead atoms. The first-order valence-corrected chi connectivity index (χ1v) is 5.81. The van der Waals surface area contributed by atoms with E-state index in [0.717, 1.165) is 0 Å². The van der Waals surface area contributed by atoms with Crippen molar-refractivity contribution in [3.05, 3.63) is 0 Å². The van der Waals surface area contributed by atoms with Crippen LogP contribution in [0.1, 0.15) is 6.92 Å². The molecule has 0 aliphatic heterocycles. The van der Waals surface area contributed by atoms with E-state index < -0.39 is 18.3 Å². The van der Waals surface area contributed by atoms with Crippen LogP contribution in [0.4, 0.5) is 0 Å². The van der Waals surface area contributed by atoms with Crippen LogP contribution in [0.25, 0.3) is 0 Å². The van der Waals surface area contributed by atoms with E-state index in [-0.39, 0.29) is 6.54 Å². The quantitative estimate of drug-likeness (QED) is 0.332. The lowest BCUT2D eigenvalue weighted by Gasteiger charge is -1.99. The third-order valence-electron chi connectivity index (χ3n) is 0.563. The van der Waals surface area contributed by atoms with E-state index in [1.807, 2.05) is 0 Å². The third-order valence-corrected chi connectivity index (χ3v) is 3.15. The minimum atomic E-state index is -5.19. The average molecular weight is 205 g/mol. The van der Waals surface area contributed by atoms with E-state index in [0.29, 0.717) is 0 Å². The van der Waals surface area contributed by atoms with Gasteiger partial charge in [-0.15, -0.1) is 0 Å².